The minimum Gasteiger partial charge on any atom is -0.508 e. The average Bonchev–Trinajstić information content (AvgIpc) is 3.23. The van der Waals surface area contributed by atoms with E-state index in [-0.39, 0.29) is 48.2 Å². The number of hydrogen-bond acceptors (Lipinski definition) is 12. The smallest absolute Gasteiger partial charge is 0.306 e. The molecule has 5 rings (SSSR count). The lowest BCUT2D eigenvalue weighted by Gasteiger charge is -2.35. The summed E-state index contributed by atoms with van der Waals surface area (Å²) in [5, 5.41) is 69.9. The van der Waals surface area contributed by atoms with E-state index >= 15 is 0 Å². The highest BCUT2D eigenvalue weighted by Gasteiger charge is 2.49. The van der Waals surface area contributed by atoms with Gasteiger partial charge in [-0.25, -0.2) is 0 Å². The summed E-state index contributed by atoms with van der Waals surface area (Å²) in [6, 6.07) is 13.1. The molecule has 5 atom stereocenters. The molecule has 2 heterocycles. The number of esters is 1. The Kier molecular flexibility index (Phi) is 7.82. The molecule has 0 saturated carbocycles. The molecule has 2 aliphatic heterocycles. The molecule has 0 bridgehead atoms. The Balaban J connectivity index is 1.42. The molecule has 7 N–H and O–H groups in total. The maximum atomic E-state index is 12.9. The van der Waals surface area contributed by atoms with Gasteiger partial charge in [0.25, 0.3) is 0 Å². The molecule has 3 aromatic rings. The van der Waals surface area contributed by atoms with Crippen molar-refractivity contribution in [3.63, 3.8) is 0 Å². The number of phenols is 4. The first-order chi connectivity index (χ1) is 19.6. The van der Waals surface area contributed by atoms with Crippen LogP contribution in [0.4, 0.5) is 0 Å². The molecule has 218 valence electrons. The lowest BCUT2D eigenvalue weighted by Crippen LogP contribution is -2.48. The molecule has 3 aromatic carbocycles. The molecule has 3 unspecified atom stereocenters. The Labute approximate surface area is 234 Å². The van der Waals surface area contributed by atoms with Gasteiger partial charge in [0, 0.05) is 36.1 Å². The lowest BCUT2D eigenvalue weighted by molar-refractivity contribution is -0.155. The summed E-state index contributed by atoms with van der Waals surface area (Å²) in [7, 11) is 0. The molecule has 1 saturated heterocycles. The minimum absolute atomic E-state index is 0.0163. The van der Waals surface area contributed by atoms with Crippen molar-refractivity contribution in [1.82, 2.24) is 0 Å². The minimum atomic E-state index is -1.93. The summed E-state index contributed by atoms with van der Waals surface area (Å²) in [5.74, 6) is -1.25. The summed E-state index contributed by atoms with van der Waals surface area (Å²) >= 11 is 0. The van der Waals surface area contributed by atoms with Crippen LogP contribution in [0.3, 0.4) is 0 Å². The highest BCUT2D eigenvalue weighted by Crippen LogP contribution is 2.45. The lowest BCUT2D eigenvalue weighted by atomic mass is 9.93. The van der Waals surface area contributed by atoms with Gasteiger partial charge in [0.2, 0.25) is 6.29 Å². The number of hydrogen-bond donors (Lipinski definition) is 7. The van der Waals surface area contributed by atoms with Gasteiger partial charge in [-0.3, -0.25) is 4.79 Å². The van der Waals surface area contributed by atoms with E-state index in [1.807, 2.05) is 0 Å². The maximum Gasteiger partial charge on any atom is 0.306 e. The van der Waals surface area contributed by atoms with E-state index in [4.69, 9.17) is 18.9 Å². The van der Waals surface area contributed by atoms with Gasteiger partial charge >= 0.3 is 5.97 Å². The van der Waals surface area contributed by atoms with Crippen molar-refractivity contribution in [3.8, 4) is 34.5 Å². The standard InChI is InChI=1S/C29H30O12/c30-13-29(37)14-38-28(27(29)36)41-23-11-18(32)10-22-19(23)12-24(26(40-22)16-4-7-20(33)21(34)9-16)39-25(35)8-3-15-1-5-17(31)6-2-15/h1-2,4-7,9-11,24,26-28,30-34,36-37H,3,8,12-14H2/t24-,26-,27?,28?,29?/m1/s1. The van der Waals surface area contributed by atoms with Crippen LogP contribution in [0, 0.1) is 0 Å². The van der Waals surface area contributed by atoms with Gasteiger partial charge in [0.05, 0.1) is 13.2 Å². The molecule has 0 spiro atoms. The van der Waals surface area contributed by atoms with Gasteiger partial charge in [0.15, 0.2) is 17.6 Å². The van der Waals surface area contributed by atoms with Crippen LogP contribution in [0.2, 0.25) is 0 Å². The predicted octanol–water partition coefficient (Wildman–Crippen LogP) is 1.55. The molecular formula is C29H30O12. The topological polar surface area (TPSA) is 196 Å². The zero-order chi connectivity index (χ0) is 29.3. The fraction of sp³-hybridized carbons (Fsp3) is 0.345. The molecule has 0 aromatic heterocycles. The summed E-state index contributed by atoms with van der Waals surface area (Å²) in [6.07, 6.45) is -4.49. The van der Waals surface area contributed by atoms with Crippen LogP contribution in [0.25, 0.3) is 0 Å². The van der Waals surface area contributed by atoms with Gasteiger partial charge in [-0.2, -0.15) is 0 Å². The first-order valence-corrected chi connectivity index (χ1v) is 12.9. The van der Waals surface area contributed by atoms with Crippen LogP contribution in [-0.2, 0) is 27.1 Å². The first kappa shape index (κ1) is 28.3. The summed E-state index contributed by atoms with van der Waals surface area (Å²) in [4.78, 5) is 12.9. The van der Waals surface area contributed by atoms with E-state index in [0.29, 0.717) is 17.5 Å². The molecule has 12 nitrogen and oxygen atoms in total. The molecular weight excluding hydrogens is 540 g/mol. The van der Waals surface area contributed by atoms with Gasteiger partial charge in [-0.1, -0.05) is 18.2 Å². The second-order valence-electron chi connectivity index (χ2n) is 10.1. The monoisotopic (exact) mass is 570 g/mol. The van der Waals surface area contributed by atoms with Crippen molar-refractivity contribution in [3.05, 3.63) is 71.3 Å². The Bertz CT molecular complexity index is 1410. The van der Waals surface area contributed by atoms with Crippen molar-refractivity contribution in [2.45, 2.75) is 49.5 Å². The number of benzene rings is 3. The van der Waals surface area contributed by atoms with Crippen molar-refractivity contribution in [1.29, 1.82) is 0 Å². The SMILES string of the molecule is O=C(CCc1ccc(O)cc1)O[C@@H]1Cc2c(OC3OCC(O)(CO)C3O)cc(O)cc2O[C@@H]1c1ccc(O)c(O)c1. The zero-order valence-corrected chi connectivity index (χ0v) is 21.7. The third-order valence-corrected chi connectivity index (χ3v) is 7.14. The highest BCUT2D eigenvalue weighted by molar-refractivity contribution is 5.70. The second-order valence-corrected chi connectivity index (χ2v) is 10.1. The van der Waals surface area contributed by atoms with E-state index in [9.17, 15) is 40.5 Å². The van der Waals surface area contributed by atoms with Crippen LogP contribution in [0.5, 0.6) is 34.5 Å². The number of aromatic hydroxyl groups is 4. The van der Waals surface area contributed by atoms with E-state index in [2.05, 4.69) is 0 Å². The maximum absolute atomic E-state index is 12.9. The van der Waals surface area contributed by atoms with Gasteiger partial charge in [0.1, 0.15) is 40.8 Å². The van der Waals surface area contributed by atoms with Gasteiger partial charge in [-0.05, 0) is 36.2 Å². The van der Waals surface area contributed by atoms with E-state index in [1.54, 1.807) is 12.1 Å². The molecule has 12 heteroatoms. The highest BCUT2D eigenvalue weighted by atomic mass is 16.7. The van der Waals surface area contributed by atoms with Crippen LogP contribution < -0.4 is 9.47 Å². The number of phenolic OH excluding ortho intramolecular Hbond substituents is 4. The Hall–Kier alpha value is -4.23. The fourth-order valence-corrected chi connectivity index (χ4v) is 4.80. The van der Waals surface area contributed by atoms with E-state index in [1.165, 1.54) is 42.5 Å². The molecule has 0 aliphatic carbocycles. The van der Waals surface area contributed by atoms with Crippen LogP contribution in [0.1, 0.15) is 29.2 Å². The number of fused-ring (bicyclic) bond motifs is 1. The number of ether oxygens (including phenoxy) is 4. The summed E-state index contributed by atoms with van der Waals surface area (Å²) in [5.41, 5.74) is -0.363. The third-order valence-electron chi connectivity index (χ3n) is 7.14. The molecule has 2 aliphatic rings. The number of aliphatic hydroxyl groups is 3. The van der Waals surface area contributed by atoms with E-state index in [0.717, 1.165) is 5.56 Å². The summed E-state index contributed by atoms with van der Waals surface area (Å²) < 4.78 is 23.1. The van der Waals surface area contributed by atoms with Crippen molar-refractivity contribution in [2.75, 3.05) is 13.2 Å². The number of carbonyl (C=O) groups is 1. The Morgan fingerprint density at radius 3 is 2.41 bits per heavy atom. The molecule has 41 heavy (non-hydrogen) atoms. The Morgan fingerprint density at radius 1 is 0.976 bits per heavy atom. The number of rotatable bonds is 8. The van der Waals surface area contributed by atoms with Crippen molar-refractivity contribution < 1.29 is 59.5 Å². The molecule has 0 radical (unpaired) electrons. The number of carbonyl (C=O) groups excluding carboxylic acids is 1. The van der Waals surface area contributed by atoms with Gasteiger partial charge < -0.3 is 54.7 Å². The number of aryl methyl sites for hydroxylation is 1. The zero-order valence-electron chi connectivity index (χ0n) is 21.7. The van der Waals surface area contributed by atoms with Crippen LogP contribution >= 0.6 is 0 Å². The predicted molar refractivity (Wildman–Crippen MR) is 140 cm³/mol. The Morgan fingerprint density at radius 2 is 1.73 bits per heavy atom. The van der Waals surface area contributed by atoms with Crippen LogP contribution in [0.15, 0.2) is 54.6 Å². The molecule has 0 amide bonds. The first-order valence-electron chi connectivity index (χ1n) is 12.9. The fourth-order valence-electron chi connectivity index (χ4n) is 4.80. The van der Waals surface area contributed by atoms with Gasteiger partial charge in [-0.15, -0.1) is 0 Å². The third kappa shape index (κ3) is 5.95. The second kappa shape index (κ2) is 11.3. The van der Waals surface area contributed by atoms with Crippen LogP contribution in [-0.4, -0.2) is 79.0 Å². The van der Waals surface area contributed by atoms with Crippen molar-refractivity contribution >= 4 is 5.97 Å². The largest absolute Gasteiger partial charge is 0.508 e. The van der Waals surface area contributed by atoms with E-state index < -0.39 is 48.5 Å². The average molecular weight is 571 g/mol. The number of aliphatic hydroxyl groups excluding tert-OH is 2. The molecule has 1 fully saturated rings. The normalized spacial score (nSPS) is 25.2. The quantitative estimate of drug-likeness (QED) is 0.153. The van der Waals surface area contributed by atoms with Crippen molar-refractivity contribution in [2.24, 2.45) is 0 Å². The summed E-state index contributed by atoms with van der Waals surface area (Å²) in [6.45, 7) is -1.15.